The fourth-order valence-corrected chi connectivity index (χ4v) is 3.29. The molecule has 0 fully saturated rings. The van der Waals surface area contributed by atoms with Crippen LogP contribution in [0.2, 0.25) is 14.8 Å². The van der Waals surface area contributed by atoms with Crippen molar-refractivity contribution < 1.29 is 5.11 Å². The summed E-state index contributed by atoms with van der Waals surface area (Å²) in [6.45, 7) is 0. The van der Waals surface area contributed by atoms with Gasteiger partial charge in [-0.15, -0.1) is 0 Å². The summed E-state index contributed by atoms with van der Waals surface area (Å²) in [6.07, 6.45) is 0. The van der Waals surface area contributed by atoms with Gasteiger partial charge in [-0.05, 0) is 0 Å². The minimum absolute atomic E-state index is 0.186. The van der Waals surface area contributed by atoms with Gasteiger partial charge in [-0.25, -0.2) is 0 Å². The van der Waals surface area contributed by atoms with Crippen molar-refractivity contribution in [2.45, 2.75) is 14.8 Å². The van der Waals surface area contributed by atoms with Crippen LogP contribution in [0.15, 0.2) is 24.3 Å². The van der Waals surface area contributed by atoms with E-state index in [1.807, 2.05) is 6.07 Å². The van der Waals surface area contributed by atoms with Crippen LogP contribution in [0.25, 0.3) is 11.4 Å². The fraction of sp³-hybridized carbons (Fsp3) is 0.300. The van der Waals surface area contributed by atoms with Crippen LogP contribution in [-0.4, -0.2) is 42.2 Å². The number of nitrogens with zero attached hydrogens (tertiary/aromatic N) is 4. The van der Waals surface area contributed by atoms with Crippen molar-refractivity contribution in [3.8, 4) is 17.1 Å². The number of hydrogen-bond acceptors (Lipinski definition) is 4. The molecule has 84 valence electrons. The average Bonchev–Trinajstić information content (AvgIpc) is 2.66. The zero-order valence-corrected chi connectivity index (χ0v) is 12.4. The molecule has 1 aromatic carbocycles. The Morgan fingerprint density at radius 2 is 1.88 bits per heavy atom. The molecule has 0 radical (unpaired) electrons. The second-order valence-corrected chi connectivity index (χ2v) is 18.1. The molecule has 0 saturated heterocycles. The van der Waals surface area contributed by atoms with E-state index in [1.54, 1.807) is 21.2 Å². The summed E-state index contributed by atoms with van der Waals surface area (Å²) in [7, 11) is 0. The topological polar surface area (TPSA) is 63.8 Å². The van der Waals surface area contributed by atoms with Gasteiger partial charge in [0, 0.05) is 0 Å². The normalized spacial score (nSPS) is 11.7. The predicted molar refractivity (Wildman–Crippen MR) is 63.7 cm³/mol. The number of aromatic nitrogens is 4. The van der Waals surface area contributed by atoms with E-state index in [0.29, 0.717) is 11.4 Å². The zero-order chi connectivity index (χ0) is 11.8. The van der Waals surface area contributed by atoms with Gasteiger partial charge in [-0.2, -0.15) is 0 Å². The van der Waals surface area contributed by atoms with Gasteiger partial charge in [0.25, 0.3) is 0 Å². The van der Waals surface area contributed by atoms with Crippen molar-refractivity contribution in [2.24, 2.45) is 0 Å². The van der Waals surface area contributed by atoms with Crippen LogP contribution in [-0.2, 0) is 0 Å². The molecule has 2 rings (SSSR count). The van der Waals surface area contributed by atoms with E-state index in [4.69, 9.17) is 0 Å². The van der Waals surface area contributed by atoms with Crippen molar-refractivity contribution in [3.05, 3.63) is 24.3 Å². The Labute approximate surface area is 98.3 Å². The Balaban J connectivity index is 2.44. The van der Waals surface area contributed by atoms with E-state index in [-0.39, 0.29) is 5.75 Å². The third kappa shape index (κ3) is 2.18. The molecule has 0 spiro atoms. The molecule has 16 heavy (non-hydrogen) atoms. The van der Waals surface area contributed by atoms with Crippen LogP contribution >= 0.6 is 0 Å². The van der Waals surface area contributed by atoms with E-state index in [0.717, 1.165) is 0 Å². The molecule has 6 heteroatoms. The van der Waals surface area contributed by atoms with Crippen LogP contribution in [0.1, 0.15) is 0 Å². The van der Waals surface area contributed by atoms with Crippen molar-refractivity contribution >= 4 is 18.7 Å². The number of phenols is 1. The molecule has 1 aromatic heterocycles. The average molecular weight is 325 g/mol. The van der Waals surface area contributed by atoms with Gasteiger partial charge in [-0.1, -0.05) is 0 Å². The first-order valence-corrected chi connectivity index (χ1v) is 14.9. The molecule has 0 bridgehead atoms. The summed E-state index contributed by atoms with van der Waals surface area (Å²) in [4.78, 5) is 6.60. The van der Waals surface area contributed by atoms with Gasteiger partial charge in [0.1, 0.15) is 0 Å². The number of phenolic OH excluding ortho intramolecular Hbond substituents is 1. The molecule has 2 aromatic rings. The third-order valence-corrected chi connectivity index (χ3v) is 6.12. The summed E-state index contributed by atoms with van der Waals surface area (Å²) in [5, 5.41) is 22.1. The quantitative estimate of drug-likeness (QED) is 0.854. The van der Waals surface area contributed by atoms with E-state index in [2.05, 4.69) is 30.2 Å². The first kappa shape index (κ1) is 11.4. The molecule has 0 aliphatic heterocycles. The van der Waals surface area contributed by atoms with Gasteiger partial charge >= 0.3 is 98.4 Å². The monoisotopic (exact) mass is 326 g/mol. The number of hydrogen-bond donors (Lipinski definition) is 1. The van der Waals surface area contributed by atoms with Crippen molar-refractivity contribution in [3.63, 3.8) is 0 Å². The van der Waals surface area contributed by atoms with Crippen LogP contribution in [0, 0.1) is 0 Å². The fourth-order valence-electron chi connectivity index (χ4n) is 1.27. The summed E-state index contributed by atoms with van der Waals surface area (Å²) < 4.78 is 1.75. The summed E-state index contributed by atoms with van der Waals surface area (Å²) in [6, 6.07) is 7.02. The first-order valence-electron chi connectivity index (χ1n) is 5.07. The molecular formula is C10H14N4OSn. The van der Waals surface area contributed by atoms with Gasteiger partial charge in [0.05, 0.1) is 0 Å². The van der Waals surface area contributed by atoms with Gasteiger partial charge in [0.15, 0.2) is 0 Å². The Bertz CT molecular complexity index is 504. The van der Waals surface area contributed by atoms with E-state index in [9.17, 15) is 5.11 Å². The molecule has 0 atom stereocenters. The first-order chi connectivity index (χ1) is 7.48. The van der Waals surface area contributed by atoms with Crippen LogP contribution in [0.5, 0.6) is 5.75 Å². The number of rotatable bonds is 2. The van der Waals surface area contributed by atoms with Crippen LogP contribution in [0.3, 0.4) is 0 Å². The van der Waals surface area contributed by atoms with Gasteiger partial charge in [0.2, 0.25) is 0 Å². The maximum absolute atomic E-state index is 9.68. The Morgan fingerprint density at radius 1 is 1.19 bits per heavy atom. The SMILES string of the molecule is [CH3][Sn]([CH3])([CH3])[n]1nnc(-c2ccccc2O)n1. The molecule has 0 aliphatic rings. The third-order valence-electron chi connectivity index (χ3n) is 2.16. The van der Waals surface area contributed by atoms with E-state index < -0.39 is 18.7 Å². The molecule has 1 heterocycles. The molecule has 0 unspecified atom stereocenters. The Kier molecular flexibility index (Phi) is 2.87. The number of tetrazole rings is 1. The second kappa shape index (κ2) is 4.04. The predicted octanol–water partition coefficient (Wildman–Crippen LogP) is 1.73. The molecular weight excluding hydrogens is 311 g/mol. The summed E-state index contributed by atoms with van der Waals surface area (Å²) in [5.41, 5.74) is 0.629. The van der Waals surface area contributed by atoms with Crippen molar-refractivity contribution in [2.75, 3.05) is 0 Å². The Morgan fingerprint density at radius 3 is 2.44 bits per heavy atom. The zero-order valence-electron chi connectivity index (χ0n) is 9.55. The van der Waals surface area contributed by atoms with Crippen molar-refractivity contribution in [1.29, 1.82) is 0 Å². The van der Waals surface area contributed by atoms with E-state index >= 15 is 0 Å². The molecule has 0 aliphatic carbocycles. The van der Waals surface area contributed by atoms with Crippen molar-refractivity contribution in [1.82, 2.24) is 18.4 Å². The van der Waals surface area contributed by atoms with Crippen LogP contribution < -0.4 is 0 Å². The van der Waals surface area contributed by atoms with Gasteiger partial charge < -0.3 is 0 Å². The summed E-state index contributed by atoms with van der Waals surface area (Å²) in [5.74, 6) is 0.677. The second-order valence-electron chi connectivity index (χ2n) is 4.59. The van der Waals surface area contributed by atoms with Crippen LogP contribution in [0.4, 0.5) is 0 Å². The maximum atomic E-state index is 9.68. The number of benzene rings is 1. The van der Waals surface area contributed by atoms with E-state index in [1.165, 1.54) is 0 Å². The minimum atomic E-state index is -2.33. The molecule has 0 amide bonds. The summed E-state index contributed by atoms with van der Waals surface area (Å²) >= 11 is -2.33. The van der Waals surface area contributed by atoms with Gasteiger partial charge in [-0.3, -0.25) is 0 Å². The Hall–Kier alpha value is -1.11. The number of aromatic hydroxyl groups is 1. The molecule has 1 N–H and O–H groups in total. The standard InChI is InChI=1S/C7H5N4O.3CH3.Sn/c12-6-4-2-1-3-5(6)7-8-10-11-9-7;;;;/h1-4H,(H-,8,9,10,11,12);3*1H3;/q-1;;;;+1. The number of para-hydroxylation sites is 1. The molecule has 5 nitrogen and oxygen atoms in total. The molecule has 0 saturated carbocycles.